The van der Waals surface area contributed by atoms with Crippen molar-refractivity contribution in [3.05, 3.63) is 30.1 Å². The molecule has 0 bridgehead atoms. The molecule has 0 saturated heterocycles. The second-order valence-electron chi connectivity index (χ2n) is 4.40. The van der Waals surface area contributed by atoms with Gasteiger partial charge in [-0.1, -0.05) is 0 Å². The summed E-state index contributed by atoms with van der Waals surface area (Å²) in [7, 11) is 0. The molecule has 120 valence electrons. The molecule has 1 aromatic carbocycles. The van der Waals surface area contributed by atoms with E-state index in [-0.39, 0.29) is 35.6 Å². The third-order valence-electron chi connectivity index (χ3n) is 2.48. The van der Waals surface area contributed by atoms with Gasteiger partial charge in [-0.3, -0.25) is 14.4 Å². The van der Waals surface area contributed by atoms with Crippen LogP contribution >= 0.6 is 11.8 Å². The minimum absolute atomic E-state index is 0.00744. The maximum Gasteiger partial charge on any atom is 0.303 e. The number of amides is 2. The van der Waals surface area contributed by atoms with Crippen LogP contribution in [0.15, 0.2) is 24.3 Å². The molecule has 1 rings (SSSR count). The van der Waals surface area contributed by atoms with Crippen LogP contribution in [-0.2, 0) is 14.4 Å². The normalized spacial score (nSPS) is 10.0. The number of carboxylic acids is 1. The second-order valence-corrected chi connectivity index (χ2v) is 5.38. The van der Waals surface area contributed by atoms with Crippen LogP contribution in [0.1, 0.15) is 12.8 Å². The summed E-state index contributed by atoms with van der Waals surface area (Å²) in [5.41, 5.74) is 0.491. The van der Waals surface area contributed by atoms with Gasteiger partial charge in [0, 0.05) is 18.7 Å². The van der Waals surface area contributed by atoms with Crippen molar-refractivity contribution in [1.82, 2.24) is 5.32 Å². The molecular weight excluding hydrogens is 311 g/mol. The second kappa shape index (κ2) is 9.78. The summed E-state index contributed by atoms with van der Waals surface area (Å²) in [6, 6.07) is 5.39. The highest BCUT2D eigenvalue weighted by Crippen LogP contribution is 2.09. The van der Waals surface area contributed by atoms with E-state index in [9.17, 15) is 18.8 Å². The van der Waals surface area contributed by atoms with E-state index in [2.05, 4.69) is 10.6 Å². The van der Waals surface area contributed by atoms with Crippen LogP contribution < -0.4 is 10.6 Å². The van der Waals surface area contributed by atoms with Gasteiger partial charge in [0.1, 0.15) is 5.82 Å². The van der Waals surface area contributed by atoms with Crippen molar-refractivity contribution in [1.29, 1.82) is 0 Å². The molecule has 0 saturated carbocycles. The lowest BCUT2D eigenvalue weighted by atomic mass is 10.3. The highest BCUT2D eigenvalue weighted by molar-refractivity contribution is 8.00. The molecule has 22 heavy (non-hydrogen) atoms. The number of benzene rings is 1. The Labute approximate surface area is 131 Å². The zero-order chi connectivity index (χ0) is 16.4. The third-order valence-corrected chi connectivity index (χ3v) is 3.42. The van der Waals surface area contributed by atoms with Crippen molar-refractivity contribution in [2.45, 2.75) is 12.8 Å². The lowest BCUT2D eigenvalue weighted by Crippen LogP contribution is -2.27. The fourth-order valence-corrected chi connectivity index (χ4v) is 2.13. The first-order valence-corrected chi connectivity index (χ1v) is 7.74. The standard InChI is InChI=1S/C14H17FN2O4S/c15-10-3-5-11(6-4-10)17-13(19)9-22-8-12(18)16-7-1-2-14(20)21/h3-6H,1-2,7-9H2,(H,16,18)(H,17,19)(H,20,21). The van der Waals surface area contributed by atoms with E-state index >= 15 is 0 Å². The molecule has 0 heterocycles. The minimum atomic E-state index is -0.902. The van der Waals surface area contributed by atoms with Gasteiger partial charge in [-0.15, -0.1) is 11.8 Å². The predicted molar refractivity (Wildman–Crippen MR) is 82.2 cm³/mol. The molecule has 1 aromatic rings. The van der Waals surface area contributed by atoms with Gasteiger partial charge in [-0.25, -0.2) is 4.39 Å². The molecule has 0 atom stereocenters. The van der Waals surface area contributed by atoms with Crippen molar-refractivity contribution in [2.75, 3.05) is 23.4 Å². The van der Waals surface area contributed by atoms with Gasteiger partial charge in [0.2, 0.25) is 11.8 Å². The van der Waals surface area contributed by atoms with E-state index in [1.165, 1.54) is 24.3 Å². The van der Waals surface area contributed by atoms with Crippen LogP contribution in [0.3, 0.4) is 0 Å². The predicted octanol–water partition coefficient (Wildman–Crippen LogP) is 1.48. The summed E-state index contributed by atoms with van der Waals surface area (Å²) in [6.45, 7) is 0.299. The van der Waals surface area contributed by atoms with Crippen LogP contribution in [0.5, 0.6) is 0 Å². The van der Waals surface area contributed by atoms with Crippen LogP contribution in [0.25, 0.3) is 0 Å². The molecule has 8 heteroatoms. The third kappa shape index (κ3) is 8.25. The number of carbonyl (C=O) groups is 3. The molecule has 2 amide bonds. The first-order valence-electron chi connectivity index (χ1n) is 6.59. The number of anilines is 1. The van der Waals surface area contributed by atoms with Gasteiger partial charge >= 0.3 is 5.97 Å². The summed E-state index contributed by atoms with van der Waals surface area (Å²) in [6.07, 6.45) is 0.379. The number of nitrogens with one attached hydrogen (secondary N) is 2. The minimum Gasteiger partial charge on any atom is -0.481 e. The summed E-state index contributed by atoms with van der Waals surface area (Å²) >= 11 is 1.14. The monoisotopic (exact) mass is 328 g/mol. The van der Waals surface area contributed by atoms with Gasteiger partial charge < -0.3 is 15.7 Å². The summed E-state index contributed by atoms with van der Waals surface area (Å²) in [5.74, 6) is -1.60. The van der Waals surface area contributed by atoms with E-state index in [4.69, 9.17) is 5.11 Å². The number of hydrogen-bond acceptors (Lipinski definition) is 4. The molecule has 0 radical (unpaired) electrons. The first kappa shape index (κ1) is 18.0. The molecule has 3 N–H and O–H groups in total. The first-order chi connectivity index (χ1) is 10.5. The SMILES string of the molecule is O=C(O)CCCNC(=O)CSCC(=O)Nc1ccc(F)cc1. The Balaban J connectivity index is 2.12. The van der Waals surface area contributed by atoms with Crippen molar-refractivity contribution >= 4 is 35.2 Å². The molecule has 0 aliphatic heterocycles. The van der Waals surface area contributed by atoms with E-state index < -0.39 is 5.97 Å². The quantitative estimate of drug-likeness (QED) is 0.597. The van der Waals surface area contributed by atoms with Crippen LogP contribution in [0.2, 0.25) is 0 Å². The van der Waals surface area contributed by atoms with Crippen LogP contribution in [-0.4, -0.2) is 40.9 Å². The highest BCUT2D eigenvalue weighted by atomic mass is 32.2. The van der Waals surface area contributed by atoms with Crippen LogP contribution in [0.4, 0.5) is 10.1 Å². The Hall–Kier alpha value is -2.09. The molecule has 0 unspecified atom stereocenters. The molecule has 0 fully saturated rings. The number of hydrogen-bond donors (Lipinski definition) is 3. The number of halogens is 1. The molecule has 0 aromatic heterocycles. The van der Waals surface area contributed by atoms with Crippen molar-refractivity contribution in [3.8, 4) is 0 Å². The van der Waals surface area contributed by atoms with Gasteiger partial charge in [-0.2, -0.15) is 0 Å². The van der Waals surface area contributed by atoms with E-state index in [0.717, 1.165) is 11.8 Å². The largest absolute Gasteiger partial charge is 0.481 e. The fourth-order valence-electron chi connectivity index (χ4n) is 1.49. The smallest absolute Gasteiger partial charge is 0.303 e. The van der Waals surface area contributed by atoms with E-state index in [1.807, 2.05) is 0 Å². The van der Waals surface area contributed by atoms with Crippen molar-refractivity contribution in [2.24, 2.45) is 0 Å². The molecule has 0 aliphatic rings. The number of aliphatic carboxylic acids is 1. The zero-order valence-corrected chi connectivity index (χ0v) is 12.6. The highest BCUT2D eigenvalue weighted by Gasteiger charge is 2.06. The van der Waals surface area contributed by atoms with E-state index in [1.54, 1.807) is 0 Å². The number of thioether (sulfide) groups is 1. The molecule has 0 aliphatic carbocycles. The number of rotatable bonds is 9. The van der Waals surface area contributed by atoms with Crippen molar-refractivity contribution < 1.29 is 23.9 Å². The lowest BCUT2D eigenvalue weighted by Gasteiger charge is -2.06. The van der Waals surface area contributed by atoms with Crippen LogP contribution in [0, 0.1) is 5.82 Å². The maximum absolute atomic E-state index is 12.7. The Morgan fingerprint density at radius 3 is 2.36 bits per heavy atom. The topological polar surface area (TPSA) is 95.5 Å². The Bertz CT molecular complexity index is 522. The van der Waals surface area contributed by atoms with Gasteiger partial charge in [-0.05, 0) is 30.7 Å². The Morgan fingerprint density at radius 2 is 1.73 bits per heavy atom. The number of carbonyl (C=O) groups excluding carboxylic acids is 2. The summed E-state index contributed by atoms with van der Waals surface area (Å²) in [5, 5.41) is 13.6. The average Bonchev–Trinajstić information content (AvgIpc) is 2.46. The zero-order valence-electron chi connectivity index (χ0n) is 11.8. The molecule has 6 nitrogen and oxygen atoms in total. The Morgan fingerprint density at radius 1 is 1.09 bits per heavy atom. The average molecular weight is 328 g/mol. The molecular formula is C14H17FN2O4S. The fraction of sp³-hybridized carbons (Fsp3) is 0.357. The van der Waals surface area contributed by atoms with E-state index in [0.29, 0.717) is 18.7 Å². The number of carboxylic acid groups (broad SMARTS) is 1. The van der Waals surface area contributed by atoms with Gasteiger partial charge in [0.25, 0.3) is 0 Å². The lowest BCUT2D eigenvalue weighted by molar-refractivity contribution is -0.137. The van der Waals surface area contributed by atoms with Crippen molar-refractivity contribution in [3.63, 3.8) is 0 Å². The Kier molecular flexibility index (Phi) is 7.98. The molecule has 0 spiro atoms. The summed E-state index contributed by atoms with van der Waals surface area (Å²) in [4.78, 5) is 33.3. The summed E-state index contributed by atoms with van der Waals surface area (Å²) < 4.78 is 12.7. The van der Waals surface area contributed by atoms with Gasteiger partial charge in [0.05, 0.1) is 11.5 Å². The van der Waals surface area contributed by atoms with Gasteiger partial charge in [0.15, 0.2) is 0 Å². The maximum atomic E-state index is 12.7.